The highest BCUT2D eigenvalue weighted by atomic mass is 16.1. The Hall–Kier alpha value is -3.88. The van der Waals surface area contributed by atoms with E-state index in [0.717, 1.165) is 67.3 Å². The normalized spacial score (nSPS) is 18.3. The van der Waals surface area contributed by atoms with Crippen LogP contribution in [0.4, 0.5) is 17.3 Å². The lowest BCUT2D eigenvalue weighted by Crippen LogP contribution is -2.45. The number of anilines is 3. The zero-order valence-corrected chi connectivity index (χ0v) is 21.4. The molecule has 0 saturated carbocycles. The van der Waals surface area contributed by atoms with Crippen LogP contribution in [0.2, 0.25) is 0 Å². The molecule has 0 radical (unpaired) electrons. The number of hydrogen-bond acceptors (Lipinski definition) is 7. The summed E-state index contributed by atoms with van der Waals surface area (Å²) in [5.41, 5.74) is 5.62. The van der Waals surface area contributed by atoms with Gasteiger partial charge in [-0.2, -0.15) is 0 Å². The van der Waals surface area contributed by atoms with Crippen LogP contribution in [0.25, 0.3) is 11.3 Å². The summed E-state index contributed by atoms with van der Waals surface area (Å²) in [4.78, 5) is 31.0. The van der Waals surface area contributed by atoms with Crippen molar-refractivity contribution in [2.75, 3.05) is 50.4 Å². The van der Waals surface area contributed by atoms with E-state index < -0.39 is 0 Å². The summed E-state index contributed by atoms with van der Waals surface area (Å²) in [6, 6.07) is 11.5. The molecule has 190 valence electrons. The molecule has 8 nitrogen and oxygen atoms in total. The molecule has 2 N–H and O–H groups in total. The van der Waals surface area contributed by atoms with Crippen molar-refractivity contribution < 1.29 is 4.79 Å². The number of nitrogens with one attached hydrogen (secondary N) is 2. The summed E-state index contributed by atoms with van der Waals surface area (Å²) in [6.07, 6.45) is 12.3. The number of carbonyl (C=O) groups is 1. The van der Waals surface area contributed by atoms with Crippen molar-refractivity contribution in [1.82, 2.24) is 24.8 Å². The summed E-state index contributed by atoms with van der Waals surface area (Å²) in [6.45, 7) is 7.36. The zero-order valence-electron chi connectivity index (χ0n) is 21.4. The predicted octanol–water partition coefficient (Wildman–Crippen LogP) is 4.28. The molecular weight excluding hydrogens is 462 g/mol. The Labute approximate surface area is 218 Å². The number of pyridine rings is 1. The number of allylic oxidation sites excluding steroid dienone is 1. The number of amides is 1. The lowest BCUT2D eigenvalue weighted by molar-refractivity contribution is -0.118. The molecule has 8 heteroatoms. The second kappa shape index (κ2) is 11.5. The molecule has 1 fully saturated rings. The van der Waals surface area contributed by atoms with E-state index in [1.54, 1.807) is 18.6 Å². The van der Waals surface area contributed by atoms with Gasteiger partial charge < -0.3 is 15.5 Å². The molecule has 0 bridgehead atoms. The third kappa shape index (κ3) is 6.47. The highest BCUT2D eigenvalue weighted by Crippen LogP contribution is 2.26. The quantitative estimate of drug-likeness (QED) is 0.506. The van der Waals surface area contributed by atoms with Crippen LogP contribution < -0.4 is 10.6 Å². The molecule has 3 aromatic rings. The van der Waals surface area contributed by atoms with Gasteiger partial charge in [-0.3, -0.25) is 14.7 Å². The van der Waals surface area contributed by atoms with Crippen LogP contribution in [-0.2, 0) is 4.79 Å². The molecule has 1 atom stereocenters. The first-order chi connectivity index (χ1) is 18.0. The third-order valence-corrected chi connectivity index (χ3v) is 6.88. The van der Waals surface area contributed by atoms with Crippen molar-refractivity contribution in [1.29, 1.82) is 0 Å². The van der Waals surface area contributed by atoms with Gasteiger partial charge in [0.15, 0.2) is 0 Å². The number of nitrogens with zero attached hydrogens (tertiary/aromatic N) is 5. The van der Waals surface area contributed by atoms with Gasteiger partial charge in [0.2, 0.25) is 11.9 Å². The van der Waals surface area contributed by atoms with Crippen molar-refractivity contribution in [3.05, 3.63) is 84.4 Å². The monoisotopic (exact) mass is 495 g/mol. The van der Waals surface area contributed by atoms with Crippen molar-refractivity contribution >= 4 is 23.2 Å². The van der Waals surface area contributed by atoms with Crippen molar-refractivity contribution in [3.8, 4) is 11.3 Å². The minimum Gasteiger partial charge on any atom is -0.325 e. The van der Waals surface area contributed by atoms with Crippen molar-refractivity contribution in [2.45, 2.75) is 13.3 Å². The molecule has 2 aromatic heterocycles. The Morgan fingerprint density at radius 1 is 1.11 bits per heavy atom. The first kappa shape index (κ1) is 24.8. The first-order valence-electron chi connectivity index (χ1n) is 12.7. The van der Waals surface area contributed by atoms with Gasteiger partial charge in [-0.1, -0.05) is 24.3 Å². The third-order valence-electron chi connectivity index (χ3n) is 6.88. The van der Waals surface area contributed by atoms with Crippen LogP contribution in [0.3, 0.4) is 0 Å². The van der Waals surface area contributed by atoms with E-state index in [0.29, 0.717) is 5.95 Å². The van der Waals surface area contributed by atoms with Gasteiger partial charge in [0.25, 0.3) is 0 Å². The average molecular weight is 496 g/mol. The van der Waals surface area contributed by atoms with Crippen LogP contribution in [0.15, 0.2) is 78.8 Å². The molecule has 1 unspecified atom stereocenters. The van der Waals surface area contributed by atoms with E-state index in [4.69, 9.17) is 0 Å². The van der Waals surface area contributed by atoms with Gasteiger partial charge >= 0.3 is 0 Å². The Balaban J connectivity index is 1.19. The largest absolute Gasteiger partial charge is 0.325 e. The van der Waals surface area contributed by atoms with E-state index in [1.165, 1.54) is 5.57 Å². The molecule has 37 heavy (non-hydrogen) atoms. The first-order valence-corrected chi connectivity index (χ1v) is 12.7. The fourth-order valence-corrected chi connectivity index (χ4v) is 4.52. The second-order valence-electron chi connectivity index (χ2n) is 9.71. The number of benzene rings is 1. The summed E-state index contributed by atoms with van der Waals surface area (Å²) in [5, 5.41) is 6.38. The summed E-state index contributed by atoms with van der Waals surface area (Å²) >= 11 is 0. The summed E-state index contributed by atoms with van der Waals surface area (Å²) in [5.74, 6) is 0.311. The fourth-order valence-electron chi connectivity index (χ4n) is 4.52. The van der Waals surface area contributed by atoms with Crippen LogP contribution in [0, 0.1) is 12.8 Å². The topological polar surface area (TPSA) is 86.3 Å². The fraction of sp³-hybridized carbons (Fsp3) is 0.310. The molecule has 1 aliphatic carbocycles. The van der Waals surface area contributed by atoms with Gasteiger partial charge in [0.1, 0.15) is 0 Å². The van der Waals surface area contributed by atoms with Gasteiger partial charge in [-0.15, -0.1) is 0 Å². The van der Waals surface area contributed by atoms with Gasteiger partial charge in [0.05, 0.1) is 11.6 Å². The molecule has 2 aliphatic rings. The number of aromatic nitrogens is 3. The lowest BCUT2D eigenvalue weighted by Gasteiger charge is -2.33. The number of hydrogen-bond donors (Lipinski definition) is 2. The Kier molecular flexibility index (Phi) is 7.67. The Bertz CT molecular complexity index is 1300. The molecule has 1 amide bonds. The maximum absolute atomic E-state index is 13.0. The maximum atomic E-state index is 13.0. The summed E-state index contributed by atoms with van der Waals surface area (Å²) in [7, 11) is 2.17. The van der Waals surface area contributed by atoms with Crippen LogP contribution >= 0.6 is 0 Å². The minimum absolute atomic E-state index is 0.00391. The number of carbonyl (C=O) groups excluding carboxylic acids is 1. The Morgan fingerprint density at radius 2 is 1.97 bits per heavy atom. The van der Waals surface area contributed by atoms with Crippen LogP contribution in [0.1, 0.15) is 12.0 Å². The van der Waals surface area contributed by atoms with E-state index >= 15 is 0 Å². The molecule has 1 aliphatic heterocycles. The molecular formula is C29H33N7O. The highest BCUT2D eigenvalue weighted by Gasteiger charge is 2.20. The van der Waals surface area contributed by atoms with Gasteiger partial charge in [-0.25, -0.2) is 9.97 Å². The van der Waals surface area contributed by atoms with Crippen LogP contribution in [0.5, 0.6) is 0 Å². The number of likely N-dealkylation sites (N-methyl/N-ethyl adjacent to an activating group) is 1. The number of piperazine rings is 1. The van der Waals surface area contributed by atoms with E-state index in [9.17, 15) is 4.79 Å². The smallest absolute Gasteiger partial charge is 0.231 e. The van der Waals surface area contributed by atoms with Gasteiger partial charge in [-0.05, 0) is 61.9 Å². The molecule has 0 spiro atoms. The summed E-state index contributed by atoms with van der Waals surface area (Å²) < 4.78 is 0. The van der Waals surface area contributed by atoms with E-state index in [-0.39, 0.29) is 11.8 Å². The van der Waals surface area contributed by atoms with Crippen LogP contribution in [-0.4, -0.2) is 70.4 Å². The van der Waals surface area contributed by atoms with E-state index in [2.05, 4.69) is 54.6 Å². The minimum atomic E-state index is -0.173. The average Bonchev–Trinajstić information content (AvgIpc) is 2.93. The Morgan fingerprint density at radius 3 is 2.73 bits per heavy atom. The second-order valence-corrected chi connectivity index (χ2v) is 9.71. The van der Waals surface area contributed by atoms with Crippen molar-refractivity contribution in [2.24, 2.45) is 5.92 Å². The molecule has 5 rings (SSSR count). The molecule has 3 heterocycles. The standard InChI is InChI=1S/C29H33N7O/c1-21-5-10-25(18-27(21)34-29-31-13-11-26(33-29)24-4-3-12-30-19-24)32-28(37)23-8-6-22(7-9-23)20-36-16-14-35(2)15-17-36/h3-8,10-13,18-19,23H,9,14-17,20H2,1-2H3,(H,32,37)(H,31,33,34). The number of aryl methyl sites for hydroxylation is 1. The molecule has 1 saturated heterocycles. The highest BCUT2D eigenvalue weighted by molar-refractivity contribution is 5.94. The van der Waals surface area contributed by atoms with Gasteiger partial charge in [0, 0.05) is 68.3 Å². The maximum Gasteiger partial charge on any atom is 0.231 e. The number of rotatable bonds is 7. The SMILES string of the molecule is Cc1ccc(NC(=O)C2C=CC(CN3CCN(C)CC3)=CC2)cc1Nc1nccc(-c2cccnc2)n1. The lowest BCUT2D eigenvalue weighted by atomic mass is 9.95. The zero-order chi connectivity index (χ0) is 25.6. The van der Waals surface area contributed by atoms with E-state index in [1.807, 2.05) is 49.4 Å². The van der Waals surface area contributed by atoms with Crippen molar-refractivity contribution in [3.63, 3.8) is 0 Å². The predicted molar refractivity (Wildman–Crippen MR) is 148 cm³/mol. The molecule has 1 aromatic carbocycles.